The Kier molecular flexibility index (Phi) is 18.4. The van der Waals surface area contributed by atoms with Crippen LogP contribution in [-0.2, 0) is 0 Å². The lowest BCUT2D eigenvalue weighted by Crippen LogP contribution is -2.48. The van der Waals surface area contributed by atoms with E-state index < -0.39 is 32.3 Å². The lowest BCUT2D eigenvalue weighted by molar-refractivity contribution is 0.618. The van der Waals surface area contributed by atoms with Gasteiger partial charge in [-0.25, -0.2) is 0 Å². The van der Waals surface area contributed by atoms with Gasteiger partial charge in [0.2, 0.25) is 0 Å². The Hall–Kier alpha value is -3.73. The lowest BCUT2D eigenvalue weighted by Gasteiger charge is -2.41. The second-order valence-electron chi connectivity index (χ2n) is 18.8. The van der Waals surface area contributed by atoms with Gasteiger partial charge in [-0.1, -0.05) is 256 Å². The molecule has 2 atom stereocenters. The third kappa shape index (κ3) is 11.4. The maximum absolute atomic E-state index is 6.54. The largest absolute Gasteiger partial charge is 0.464 e. The normalized spacial score (nSPS) is 13.1. The van der Waals surface area contributed by atoms with Crippen LogP contribution in [0, 0.1) is 0 Å². The van der Waals surface area contributed by atoms with Crippen LogP contribution >= 0.6 is 16.1 Å². The Morgan fingerprint density at radius 1 is 0.385 bits per heavy atom. The SMILES string of the molecule is CCCC[Si](CCCC)(CCCC)c1ccc(P(c2cccc3ccoc23)N(c2ccccc2)P(c2ccc([Si](CCCC)(CCCC)CCCC)cc2)c2cccc3ccoc23)cc1. The van der Waals surface area contributed by atoms with Gasteiger partial charge in [-0.3, -0.25) is 0 Å². The van der Waals surface area contributed by atoms with Crippen LogP contribution in [0.4, 0.5) is 5.69 Å². The van der Waals surface area contributed by atoms with Crippen molar-refractivity contribution in [1.29, 1.82) is 0 Å². The Balaban J connectivity index is 1.47. The quantitative estimate of drug-likeness (QED) is 0.0380. The number of hydrogen-bond donors (Lipinski definition) is 0. The van der Waals surface area contributed by atoms with Gasteiger partial charge in [-0.05, 0) is 36.4 Å². The summed E-state index contributed by atoms with van der Waals surface area (Å²) in [6.45, 7) is 14.3. The van der Waals surface area contributed by atoms with E-state index in [9.17, 15) is 0 Å². The number of furan rings is 2. The van der Waals surface area contributed by atoms with Crippen molar-refractivity contribution in [2.24, 2.45) is 0 Å². The van der Waals surface area contributed by atoms with Gasteiger partial charge in [0.1, 0.15) is 11.2 Å². The van der Waals surface area contributed by atoms with Crippen LogP contribution in [0.1, 0.15) is 119 Å². The van der Waals surface area contributed by atoms with Gasteiger partial charge in [-0.15, -0.1) is 0 Å². The minimum Gasteiger partial charge on any atom is -0.464 e. The molecule has 0 amide bonds. The van der Waals surface area contributed by atoms with Gasteiger partial charge in [0.05, 0.1) is 44.8 Å². The Morgan fingerprint density at radius 3 is 1.08 bits per heavy atom. The fourth-order valence-electron chi connectivity index (χ4n) is 10.5. The molecule has 0 fully saturated rings. The van der Waals surface area contributed by atoms with E-state index in [1.807, 2.05) is 12.5 Å². The topological polar surface area (TPSA) is 29.5 Å². The molecule has 2 heterocycles. The van der Waals surface area contributed by atoms with E-state index in [0.29, 0.717) is 0 Å². The average Bonchev–Trinajstić information content (AvgIpc) is 4.06. The first-order valence-electron chi connectivity index (χ1n) is 25.5. The molecule has 65 heavy (non-hydrogen) atoms. The van der Waals surface area contributed by atoms with Gasteiger partial charge >= 0.3 is 0 Å². The number of fused-ring (bicyclic) bond motifs is 2. The number of unbranched alkanes of at least 4 members (excludes halogenated alkanes) is 6. The summed E-state index contributed by atoms with van der Waals surface area (Å²) < 4.78 is 15.9. The van der Waals surface area contributed by atoms with Crippen LogP contribution in [0.15, 0.2) is 149 Å². The van der Waals surface area contributed by atoms with E-state index in [1.54, 1.807) is 10.4 Å². The zero-order valence-electron chi connectivity index (χ0n) is 40.7. The molecule has 0 saturated heterocycles. The first-order valence-corrected chi connectivity index (χ1v) is 33.4. The molecule has 3 nitrogen and oxygen atoms in total. The molecule has 2 aromatic heterocycles. The van der Waals surface area contributed by atoms with Crippen molar-refractivity contribution in [2.45, 2.75) is 155 Å². The number of hydrogen-bond acceptors (Lipinski definition) is 3. The smallest absolute Gasteiger partial charge is 0.143 e. The van der Waals surface area contributed by atoms with Crippen molar-refractivity contribution in [1.82, 2.24) is 0 Å². The summed E-state index contributed by atoms with van der Waals surface area (Å²) in [5.74, 6) is 0. The Morgan fingerprint density at radius 2 is 0.738 bits per heavy atom. The third-order valence-electron chi connectivity index (χ3n) is 14.2. The molecule has 7 heteroatoms. The molecule has 0 aliphatic carbocycles. The van der Waals surface area contributed by atoms with Crippen molar-refractivity contribution in [3.05, 3.63) is 140 Å². The van der Waals surface area contributed by atoms with E-state index >= 15 is 0 Å². The van der Waals surface area contributed by atoms with E-state index in [-0.39, 0.29) is 0 Å². The number of benzene rings is 5. The first-order chi connectivity index (χ1) is 32.0. The first kappa shape index (κ1) is 49.2. The molecule has 0 spiro atoms. The minimum atomic E-state index is -1.72. The number of rotatable bonds is 27. The van der Waals surface area contributed by atoms with Crippen LogP contribution < -0.4 is 36.0 Å². The van der Waals surface area contributed by atoms with Crippen molar-refractivity contribution < 1.29 is 8.83 Å². The minimum absolute atomic E-state index is 0.987. The molecule has 344 valence electrons. The van der Waals surface area contributed by atoms with E-state index in [4.69, 9.17) is 8.83 Å². The highest BCUT2D eigenvalue weighted by molar-refractivity contribution is 7.91. The summed E-state index contributed by atoms with van der Waals surface area (Å²) in [7, 11) is -5.80. The number of para-hydroxylation sites is 3. The molecule has 0 N–H and O–H groups in total. The molecule has 0 bridgehead atoms. The Labute approximate surface area is 397 Å². The summed E-state index contributed by atoms with van der Waals surface area (Å²) in [6.07, 6.45) is 19.3. The van der Waals surface area contributed by atoms with Crippen LogP contribution in [-0.4, -0.2) is 16.1 Å². The van der Waals surface area contributed by atoms with E-state index in [0.717, 1.165) is 21.9 Å². The fraction of sp³-hybridized carbons (Fsp3) is 0.414. The molecule has 0 radical (unpaired) electrons. The van der Waals surface area contributed by atoms with Gasteiger partial charge in [0, 0.05) is 37.7 Å². The molecule has 7 aromatic rings. The molecular weight excluding hydrogens is 861 g/mol. The molecule has 0 aliphatic rings. The van der Waals surface area contributed by atoms with Gasteiger partial charge in [0.15, 0.2) is 0 Å². The molecule has 7 rings (SSSR count). The van der Waals surface area contributed by atoms with Crippen LogP contribution in [0.25, 0.3) is 21.9 Å². The van der Waals surface area contributed by atoms with Crippen molar-refractivity contribution in [3.63, 3.8) is 0 Å². The summed E-state index contributed by atoms with van der Waals surface area (Å²) in [5.41, 5.74) is 3.20. The standard InChI is InChI=1S/C58H77NO2P2Si2/c1-7-13-42-64(43-14-8-2,44-15-9-3)53-34-30-51(31-35-53)62(55-28-22-24-48-38-40-60-57(48)55)59(50-26-20-19-21-27-50)63(56-29-23-25-49-39-41-61-58(49)56)52-32-36-54(37-33-52)65(45-16-10-4,46-17-11-5)47-18-12-6/h19-41H,7-18,42-47H2,1-6H3. The summed E-state index contributed by atoms with van der Waals surface area (Å²) >= 11 is 0. The van der Waals surface area contributed by atoms with Crippen molar-refractivity contribution >= 4 is 91.5 Å². The van der Waals surface area contributed by atoms with Crippen molar-refractivity contribution in [2.75, 3.05) is 4.44 Å². The zero-order chi connectivity index (χ0) is 45.5. The highest BCUT2D eigenvalue weighted by Crippen LogP contribution is 2.58. The summed E-state index contributed by atoms with van der Waals surface area (Å²) in [4.78, 5) is 0. The molecule has 0 saturated carbocycles. The molecule has 2 unspecified atom stereocenters. The number of nitrogens with zero attached hydrogens (tertiary/aromatic N) is 1. The molecule has 0 aliphatic heterocycles. The second kappa shape index (κ2) is 24.3. The third-order valence-corrected chi connectivity index (χ3v) is 30.7. The molecular formula is C58H77NO2P2Si2. The number of anilines is 1. The monoisotopic (exact) mass is 937 g/mol. The summed E-state index contributed by atoms with van der Waals surface area (Å²) in [6, 6.07) is 58.1. The van der Waals surface area contributed by atoms with Crippen LogP contribution in [0.2, 0.25) is 36.3 Å². The second-order valence-corrected chi connectivity index (χ2v) is 32.4. The van der Waals surface area contributed by atoms with Gasteiger partial charge in [-0.2, -0.15) is 0 Å². The predicted molar refractivity (Wildman–Crippen MR) is 296 cm³/mol. The Bertz CT molecular complexity index is 2260. The summed E-state index contributed by atoms with van der Waals surface area (Å²) in [5, 5.41) is 10.9. The van der Waals surface area contributed by atoms with Crippen LogP contribution in [0.5, 0.6) is 0 Å². The fourth-order valence-corrected chi connectivity index (χ4v) is 27.8. The highest BCUT2D eigenvalue weighted by atomic mass is 31.2. The molecule has 5 aromatic carbocycles. The zero-order valence-corrected chi connectivity index (χ0v) is 44.5. The van der Waals surface area contributed by atoms with Crippen LogP contribution in [0.3, 0.4) is 0 Å². The lowest BCUT2D eigenvalue weighted by atomic mass is 10.3. The van der Waals surface area contributed by atoms with Gasteiger partial charge < -0.3 is 13.3 Å². The maximum atomic E-state index is 6.54. The van der Waals surface area contributed by atoms with Gasteiger partial charge in [0.25, 0.3) is 0 Å². The van der Waals surface area contributed by atoms with E-state index in [2.05, 4.69) is 173 Å². The van der Waals surface area contributed by atoms with E-state index in [1.165, 1.54) is 140 Å². The maximum Gasteiger partial charge on any atom is 0.143 e. The van der Waals surface area contributed by atoms with Crippen molar-refractivity contribution in [3.8, 4) is 0 Å². The predicted octanol–water partition coefficient (Wildman–Crippen LogP) is 16.2. The average molecular weight is 938 g/mol. The highest BCUT2D eigenvalue weighted by Gasteiger charge is 2.38.